The van der Waals surface area contributed by atoms with E-state index in [4.69, 9.17) is 0 Å². The van der Waals surface area contributed by atoms with Crippen LogP contribution in [0.25, 0.3) is 11.1 Å². The van der Waals surface area contributed by atoms with Crippen LogP contribution in [0.1, 0.15) is 50.2 Å². The van der Waals surface area contributed by atoms with Crippen LogP contribution < -0.4 is 0 Å². The topological polar surface area (TPSA) is 0 Å². The number of unbranched alkanes of at least 4 members (excludes halogenated alkanes) is 2. The maximum Gasteiger partial charge on any atom is 0.166 e. The van der Waals surface area contributed by atoms with Gasteiger partial charge in [0.15, 0.2) is 11.6 Å². The summed E-state index contributed by atoms with van der Waals surface area (Å²) >= 11 is 0. The van der Waals surface area contributed by atoms with Crippen molar-refractivity contribution in [2.75, 3.05) is 0 Å². The van der Waals surface area contributed by atoms with Gasteiger partial charge in [0, 0.05) is 11.1 Å². The van der Waals surface area contributed by atoms with Crippen molar-refractivity contribution in [2.24, 2.45) is 5.92 Å². The fourth-order valence-corrected chi connectivity index (χ4v) is 3.70. The molecule has 0 nitrogen and oxygen atoms in total. The molecule has 0 aliphatic heterocycles. The lowest BCUT2D eigenvalue weighted by atomic mass is 9.80. The van der Waals surface area contributed by atoms with Crippen molar-refractivity contribution in [1.82, 2.24) is 0 Å². The molecule has 0 saturated heterocycles. The number of benzene rings is 2. The van der Waals surface area contributed by atoms with Gasteiger partial charge in [-0.3, -0.25) is 0 Å². The van der Waals surface area contributed by atoms with Gasteiger partial charge in [-0.25, -0.2) is 13.2 Å². The smallest absolute Gasteiger partial charge is 0.166 e. The van der Waals surface area contributed by atoms with Gasteiger partial charge in [0.1, 0.15) is 5.82 Å². The SMILES string of the molecule is CCCCCC1CCc2cc(-c3cccc(F)c3F)c(F)cc2C1. The van der Waals surface area contributed by atoms with Gasteiger partial charge in [-0.2, -0.15) is 0 Å². The Hall–Kier alpha value is -1.77. The highest BCUT2D eigenvalue weighted by Crippen LogP contribution is 2.35. The molecule has 0 bridgehead atoms. The normalized spacial score (nSPS) is 16.9. The first-order chi connectivity index (χ1) is 11.6. The Morgan fingerprint density at radius 3 is 2.58 bits per heavy atom. The lowest BCUT2D eigenvalue weighted by Gasteiger charge is -2.25. The zero-order chi connectivity index (χ0) is 17.1. The molecule has 24 heavy (non-hydrogen) atoms. The Balaban J connectivity index is 1.86. The van der Waals surface area contributed by atoms with Gasteiger partial charge in [0.2, 0.25) is 0 Å². The van der Waals surface area contributed by atoms with Crippen molar-refractivity contribution in [2.45, 2.75) is 51.9 Å². The lowest BCUT2D eigenvalue weighted by molar-refractivity contribution is 0.407. The van der Waals surface area contributed by atoms with E-state index >= 15 is 0 Å². The minimum absolute atomic E-state index is 0.000342. The van der Waals surface area contributed by atoms with Crippen LogP contribution in [0, 0.1) is 23.4 Å². The Morgan fingerprint density at radius 2 is 1.79 bits per heavy atom. The molecule has 0 radical (unpaired) electrons. The summed E-state index contributed by atoms with van der Waals surface area (Å²) in [5, 5.41) is 0. The summed E-state index contributed by atoms with van der Waals surface area (Å²) in [5.41, 5.74) is 2.26. The first kappa shape index (κ1) is 17.1. The van der Waals surface area contributed by atoms with E-state index in [1.54, 1.807) is 6.07 Å². The minimum atomic E-state index is -0.982. The Labute approximate surface area is 141 Å². The van der Waals surface area contributed by atoms with Gasteiger partial charge in [-0.05, 0) is 54.5 Å². The molecule has 2 aromatic rings. The van der Waals surface area contributed by atoms with Gasteiger partial charge in [0.25, 0.3) is 0 Å². The molecular weight excluding hydrogens is 309 g/mol. The van der Waals surface area contributed by atoms with Crippen molar-refractivity contribution in [3.63, 3.8) is 0 Å². The lowest BCUT2D eigenvalue weighted by Crippen LogP contribution is -2.15. The molecule has 1 unspecified atom stereocenters. The predicted octanol–water partition coefficient (Wildman–Crippen LogP) is 6.46. The van der Waals surface area contributed by atoms with E-state index < -0.39 is 17.5 Å². The molecule has 1 atom stereocenters. The summed E-state index contributed by atoms with van der Waals surface area (Å²) in [6.07, 6.45) is 7.74. The molecule has 0 fully saturated rings. The maximum absolute atomic E-state index is 14.5. The largest absolute Gasteiger partial charge is 0.206 e. The summed E-state index contributed by atoms with van der Waals surface area (Å²) < 4.78 is 41.9. The monoisotopic (exact) mass is 332 g/mol. The Morgan fingerprint density at radius 1 is 0.958 bits per heavy atom. The molecule has 2 aromatic carbocycles. The molecule has 0 heterocycles. The van der Waals surface area contributed by atoms with Crippen molar-refractivity contribution in [3.05, 3.63) is 58.9 Å². The summed E-state index contributed by atoms with van der Waals surface area (Å²) in [7, 11) is 0. The van der Waals surface area contributed by atoms with E-state index in [2.05, 4.69) is 6.92 Å². The molecule has 3 rings (SSSR count). The van der Waals surface area contributed by atoms with Crippen LogP contribution in [0.15, 0.2) is 30.3 Å². The molecule has 0 saturated carbocycles. The van der Waals surface area contributed by atoms with E-state index in [-0.39, 0.29) is 11.1 Å². The van der Waals surface area contributed by atoms with Crippen LogP contribution in [-0.2, 0) is 12.8 Å². The van der Waals surface area contributed by atoms with Crippen LogP contribution >= 0.6 is 0 Å². The van der Waals surface area contributed by atoms with Crippen LogP contribution in [-0.4, -0.2) is 0 Å². The van der Waals surface area contributed by atoms with Crippen LogP contribution in [0.2, 0.25) is 0 Å². The van der Waals surface area contributed by atoms with Crippen LogP contribution in [0.3, 0.4) is 0 Å². The molecule has 0 amide bonds. The average Bonchev–Trinajstić information content (AvgIpc) is 2.57. The zero-order valence-corrected chi connectivity index (χ0v) is 14.0. The molecule has 128 valence electrons. The molecule has 0 spiro atoms. The number of fused-ring (bicyclic) bond motifs is 1. The number of aryl methyl sites for hydroxylation is 1. The highest BCUT2D eigenvalue weighted by molar-refractivity contribution is 5.66. The number of halogens is 3. The fraction of sp³-hybridized carbons (Fsp3) is 0.429. The number of rotatable bonds is 5. The summed E-state index contributed by atoms with van der Waals surface area (Å²) in [5.74, 6) is -1.78. The quantitative estimate of drug-likeness (QED) is 0.551. The van der Waals surface area contributed by atoms with Gasteiger partial charge in [-0.1, -0.05) is 44.7 Å². The van der Waals surface area contributed by atoms with Crippen molar-refractivity contribution in [1.29, 1.82) is 0 Å². The van der Waals surface area contributed by atoms with Crippen molar-refractivity contribution >= 4 is 0 Å². The molecule has 0 N–H and O–H groups in total. The summed E-state index contributed by atoms with van der Waals surface area (Å²) in [4.78, 5) is 0. The van der Waals surface area contributed by atoms with E-state index in [9.17, 15) is 13.2 Å². The fourth-order valence-electron chi connectivity index (χ4n) is 3.70. The first-order valence-corrected chi connectivity index (χ1v) is 8.85. The third kappa shape index (κ3) is 3.50. The third-order valence-electron chi connectivity index (χ3n) is 5.08. The van der Waals surface area contributed by atoms with E-state index in [0.717, 1.165) is 36.5 Å². The molecule has 1 aliphatic carbocycles. The predicted molar refractivity (Wildman–Crippen MR) is 91.4 cm³/mol. The van der Waals surface area contributed by atoms with E-state index in [1.807, 2.05) is 0 Å². The first-order valence-electron chi connectivity index (χ1n) is 8.85. The average molecular weight is 332 g/mol. The number of hydrogen-bond acceptors (Lipinski definition) is 0. The third-order valence-corrected chi connectivity index (χ3v) is 5.08. The van der Waals surface area contributed by atoms with Gasteiger partial charge in [-0.15, -0.1) is 0 Å². The summed E-state index contributed by atoms with van der Waals surface area (Å²) in [6.45, 7) is 2.19. The second-order valence-electron chi connectivity index (χ2n) is 6.81. The second kappa shape index (κ2) is 7.42. The van der Waals surface area contributed by atoms with Crippen molar-refractivity contribution in [3.8, 4) is 11.1 Å². The summed E-state index contributed by atoms with van der Waals surface area (Å²) in [6, 6.07) is 7.14. The van der Waals surface area contributed by atoms with Crippen LogP contribution in [0.5, 0.6) is 0 Å². The standard InChI is InChI=1S/C21H23F3/c1-2-3-4-6-14-9-10-15-12-18(20(23)13-16(15)11-14)17-7-5-8-19(22)21(17)24/h5,7-8,12-14H,2-4,6,9-11H2,1H3. The molecular formula is C21H23F3. The number of hydrogen-bond donors (Lipinski definition) is 0. The molecule has 3 heteroatoms. The molecule has 0 aromatic heterocycles. The second-order valence-corrected chi connectivity index (χ2v) is 6.81. The highest BCUT2D eigenvalue weighted by atomic mass is 19.2. The van der Waals surface area contributed by atoms with Crippen molar-refractivity contribution < 1.29 is 13.2 Å². The van der Waals surface area contributed by atoms with Gasteiger partial charge in [0.05, 0.1) is 0 Å². The zero-order valence-electron chi connectivity index (χ0n) is 14.0. The Bertz CT molecular complexity index is 721. The minimum Gasteiger partial charge on any atom is -0.206 e. The Kier molecular flexibility index (Phi) is 5.27. The van der Waals surface area contributed by atoms with Gasteiger partial charge >= 0.3 is 0 Å². The van der Waals surface area contributed by atoms with E-state index in [1.165, 1.54) is 43.9 Å². The highest BCUT2D eigenvalue weighted by Gasteiger charge is 2.22. The molecule has 1 aliphatic rings. The van der Waals surface area contributed by atoms with Gasteiger partial charge < -0.3 is 0 Å². The van der Waals surface area contributed by atoms with Crippen LogP contribution in [0.4, 0.5) is 13.2 Å². The maximum atomic E-state index is 14.5. The van der Waals surface area contributed by atoms with E-state index in [0.29, 0.717) is 5.92 Å².